The van der Waals surface area contributed by atoms with Crippen LogP contribution in [0.3, 0.4) is 0 Å². The van der Waals surface area contributed by atoms with Crippen LogP contribution in [0.1, 0.15) is 64.4 Å². The molecule has 0 heterocycles. The number of carbonyl (C=O) groups excluding carboxylic acids is 2. The molecular weight excluding hydrogens is 436 g/mol. The monoisotopic (exact) mass is 466 g/mol. The summed E-state index contributed by atoms with van der Waals surface area (Å²) in [5.74, 6) is -0.131. The first kappa shape index (κ1) is 22.1. The molecule has 0 aromatic heterocycles. The third kappa shape index (κ3) is 3.34. The predicted molar refractivity (Wildman–Crippen MR) is 133 cm³/mol. The van der Waals surface area contributed by atoms with E-state index >= 15 is 0 Å². The molecule has 3 saturated carbocycles. The third-order valence-electron chi connectivity index (χ3n) is 9.05. The molecule has 35 heavy (non-hydrogen) atoms. The van der Waals surface area contributed by atoms with E-state index in [-0.39, 0.29) is 28.7 Å². The number of ether oxygens (including phenoxy) is 2. The van der Waals surface area contributed by atoms with Crippen LogP contribution in [0.25, 0.3) is 0 Å². The lowest BCUT2D eigenvalue weighted by molar-refractivity contribution is -0.224. The highest BCUT2D eigenvalue weighted by Gasteiger charge is 2.70. The molecule has 3 aromatic carbocycles. The van der Waals surface area contributed by atoms with Crippen molar-refractivity contribution in [2.24, 2.45) is 16.7 Å². The summed E-state index contributed by atoms with van der Waals surface area (Å²) in [6, 6.07) is 26.8. The summed E-state index contributed by atoms with van der Waals surface area (Å²) < 4.78 is 12.7. The molecule has 0 spiro atoms. The Hall–Kier alpha value is -3.40. The minimum Gasteiger partial charge on any atom is -0.454 e. The van der Waals surface area contributed by atoms with E-state index in [0.717, 1.165) is 19.3 Å². The van der Waals surface area contributed by atoms with E-state index in [1.807, 2.05) is 36.4 Å². The van der Waals surface area contributed by atoms with E-state index in [9.17, 15) is 9.59 Å². The smallest absolute Gasteiger partial charge is 0.338 e. The van der Waals surface area contributed by atoms with Crippen LogP contribution in [-0.4, -0.2) is 24.1 Å². The standard InChI is InChI=1S/C31H30O4/c1-30-17-18-31(2,25-23-16-10-9-15-22(23)19-24(25)30)27(35-29(33)21-13-7-4-8-14-21)26(30)34-28(32)20-11-5-3-6-12-20/h3-16,24-27H,17-19H2,1-2H3. The van der Waals surface area contributed by atoms with Gasteiger partial charge >= 0.3 is 11.9 Å². The number of rotatable bonds is 4. The van der Waals surface area contributed by atoms with E-state index in [2.05, 4.69) is 38.1 Å². The van der Waals surface area contributed by atoms with Crippen LogP contribution in [0.15, 0.2) is 84.9 Å². The van der Waals surface area contributed by atoms with Gasteiger partial charge in [-0.3, -0.25) is 0 Å². The van der Waals surface area contributed by atoms with Crippen LogP contribution in [0.4, 0.5) is 0 Å². The van der Waals surface area contributed by atoms with Crippen molar-refractivity contribution in [3.63, 3.8) is 0 Å². The van der Waals surface area contributed by atoms with Gasteiger partial charge in [-0.25, -0.2) is 9.59 Å². The fourth-order valence-electron chi connectivity index (χ4n) is 7.18. The lowest BCUT2D eigenvalue weighted by atomic mass is 9.43. The van der Waals surface area contributed by atoms with Gasteiger partial charge in [0, 0.05) is 10.8 Å². The Morgan fingerprint density at radius 3 is 1.77 bits per heavy atom. The maximum Gasteiger partial charge on any atom is 0.338 e. The molecule has 3 fully saturated rings. The molecular formula is C31H30O4. The molecule has 4 aliphatic rings. The number of fused-ring (bicyclic) bond motifs is 3. The quantitative estimate of drug-likeness (QED) is 0.429. The molecule has 0 N–H and O–H groups in total. The summed E-state index contributed by atoms with van der Waals surface area (Å²) >= 11 is 0. The largest absolute Gasteiger partial charge is 0.454 e. The molecule has 6 unspecified atom stereocenters. The van der Waals surface area contributed by atoms with Gasteiger partial charge in [-0.15, -0.1) is 0 Å². The molecule has 0 radical (unpaired) electrons. The van der Waals surface area contributed by atoms with Crippen LogP contribution >= 0.6 is 0 Å². The second-order valence-electron chi connectivity index (χ2n) is 10.9. The Bertz CT molecular complexity index is 1270. The maximum atomic E-state index is 13.3. The van der Waals surface area contributed by atoms with Crippen molar-refractivity contribution in [1.82, 2.24) is 0 Å². The Kier molecular flexibility index (Phi) is 5.10. The molecule has 4 nitrogen and oxygen atoms in total. The minimum absolute atomic E-state index is 0.262. The first-order chi connectivity index (χ1) is 16.9. The van der Waals surface area contributed by atoms with E-state index < -0.39 is 12.2 Å². The number of hydrogen-bond acceptors (Lipinski definition) is 4. The fraction of sp³-hybridized carbons (Fsp3) is 0.355. The summed E-state index contributed by atoms with van der Waals surface area (Å²) in [4.78, 5) is 26.6. The number of carbonyl (C=O) groups is 2. The molecule has 0 aliphatic heterocycles. The summed E-state index contributed by atoms with van der Waals surface area (Å²) in [5.41, 5.74) is 3.13. The number of benzene rings is 3. The van der Waals surface area contributed by atoms with Crippen LogP contribution in [0, 0.1) is 16.7 Å². The lowest BCUT2D eigenvalue weighted by Crippen LogP contribution is -2.67. The summed E-state index contributed by atoms with van der Waals surface area (Å²) in [5, 5.41) is 0. The molecule has 4 heteroatoms. The third-order valence-corrected chi connectivity index (χ3v) is 9.05. The van der Waals surface area contributed by atoms with Gasteiger partial charge in [-0.1, -0.05) is 74.5 Å². The van der Waals surface area contributed by atoms with Crippen LogP contribution in [0.5, 0.6) is 0 Å². The van der Waals surface area contributed by atoms with Gasteiger partial charge in [-0.2, -0.15) is 0 Å². The normalized spacial score (nSPS) is 32.4. The maximum absolute atomic E-state index is 13.3. The minimum atomic E-state index is -0.533. The van der Waals surface area contributed by atoms with Gasteiger partial charge < -0.3 is 9.47 Å². The Labute approximate surface area is 206 Å². The van der Waals surface area contributed by atoms with E-state index in [1.165, 1.54) is 11.1 Å². The fourth-order valence-corrected chi connectivity index (χ4v) is 7.18. The SMILES string of the molecule is CC12CCC(C)(C(OC(=O)c3ccccc3)C1OC(=O)c1ccccc1)C1c3ccccc3CC12. The molecule has 0 amide bonds. The molecule has 2 bridgehead atoms. The summed E-state index contributed by atoms with van der Waals surface area (Å²) in [6.45, 7) is 4.47. The second-order valence-corrected chi connectivity index (χ2v) is 10.9. The van der Waals surface area contributed by atoms with Crippen molar-refractivity contribution in [3.8, 4) is 0 Å². The molecule has 178 valence electrons. The molecule has 6 atom stereocenters. The molecule has 3 aromatic rings. The van der Waals surface area contributed by atoms with Gasteiger partial charge in [0.2, 0.25) is 0 Å². The number of hydrogen-bond donors (Lipinski definition) is 0. The van der Waals surface area contributed by atoms with Gasteiger partial charge in [-0.05, 0) is 66.5 Å². The lowest BCUT2D eigenvalue weighted by Gasteiger charge is -2.64. The molecule has 4 aliphatic carbocycles. The molecule has 0 saturated heterocycles. The van der Waals surface area contributed by atoms with E-state index in [1.54, 1.807) is 24.3 Å². The van der Waals surface area contributed by atoms with Crippen molar-refractivity contribution in [3.05, 3.63) is 107 Å². The average Bonchev–Trinajstić information content (AvgIpc) is 3.31. The topological polar surface area (TPSA) is 52.6 Å². The van der Waals surface area contributed by atoms with E-state index in [4.69, 9.17) is 9.47 Å². The summed E-state index contributed by atoms with van der Waals surface area (Å²) in [6.07, 6.45) is 1.77. The van der Waals surface area contributed by atoms with Gasteiger partial charge in [0.15, 0.2) is 0 Å². The molecule has 7 rings (SSSR count). The van der Waals surface area contributed by atoms with Crippen LogP contribution in [-0.2, 0) is 15.9 Å². The van der Waals surface area contributed by atoms with Crippen molar-refractivity contribution < 1.29 is 19.1 Å². The van der Waals surface area contributed by atoms with Gasteiger partial charge in [0.25, 0.3) is 0 Å². The zero-order valence-electron chi connectivity index (χ0n) is 20.1. The highest BCUT2D eigenvalue weighted by atomic mass is 16.6. The first-order valence-corrected chi connectivity index (χ1v) is 12.5. The first-order valence-electron chi connectivity index (χ1n) is 12.5. The Morgan fingerprint density at radius 2 is 1.17 bits per heavy atom. The van der Waals surface area contributed by atoms with Crippen molar-refractivity contribution in [1.29, 1.82) is 0 Å². The average molecular weight is 467 g/mol. The second kappa shape index (κ2) is 8.08. The van der Waals surface area contributed by atoms with Gasteiger partial charge in [0.05, 0.1) is 11.1 Å². The van der Waals surface area contributed by atoms with E-state index in [0.29, 0.717) is 17.0 Å². The van der Waals surface area contributed by atoms with Crippen molar-refractivity contribution in [2.75, 3.05) is 0 Å². The van der Waals surface area contributed by atoms with Crippen molar-refractivity contribution in [2.45, 2.75) is 51.2 Å². The van der Waals surface area contributed by atoms with Crippen molar-refractivity contribution >= 4 is 11.9 Å². The Balaban J connectivity index is 1.42. The number of esters is 2. The van der Waals surface area contributed by atoms with Crippen LogP contribution < -0.4 is 0 Å². The zero-order chi connectivity index (χ0) is 24.2. The predicted octanol–water partition coefficient (Wildman–Crippen LogP) is 6.21. The highest BCUT2D eigenvalue weighted by molar-refractivity contribution is 5.90. The highest BCUT2D eigenvalue weighted by Crippen LogP contribution is 2.70. The zero-order valence-corrected chi connectivity index (χ0v) is 20.1. The summed E-state index contributed by atoms with van der Waals surface area (Å²) in [7, 11) is 0. The Morgan fingerprint density at radius 1 is 0.686 bits per heavy atom. The van der Waals surface area contributed by atoms with Crippen LogP contribution in [0.2, 0.25) is 0 Å². The van der Waals surface area contributed by atoms with Gasteiger partial charge in [0.1, 0.15) is 12.2 Å².